The van der Waals surface area contributed by atoms with Gasteiger partial charge in [-0.1, -0.05) is 29.2 Å². The van der Waals surface area contributed by atoms with Crippen molar-refractivity contribution in [3.05, 3.63) is 34.3 Å². The molecular weight excluding hydrogens is 280 g/mol. The molecule has 100 valence electrons. The van der Waals surface area contributed by atoms with E-state index < -0.39 is 0 Å². The third kappa shape index (κ3) is 3.54. The Balaban J connectivity index is 2.07. The summed E-state index contributed by atoms with van der Waals surface area (Å²) in [6.45, 7) is 3.86. The molecule has 0 spiro atoms. The predicted molar refractivity (Wildman–Crippen MR) is 77.4 cm³/mol. The molecule has 19 heavy (non-hydrogen) atoms. The van der Waals surface area contributed by atoms with Crippen LogP contribution in [-0.2, 0) is 0 Å². The summed E-state index contributed by atoms with van der Waals surface area (Å²) < 4.78 is 6.06. The van der Waals surface area contributed by atoms with E-state index in [-0.39, 0.29) is 5.78 Å². The predicted octanol–water partition coefficient (Wildman–Crippen LogP) is 3.14. The lowest BCUT2D eigenvalue weighted by molar-refractivity contribution is 0.101. The van der Waals surface area contributed by atoms with Crippen molar-refractivity contribution in [1.29, 1.82) is 0 Å². The maximum atomic E-state index is 12.2. The van der Waals surface area contributed by atoms with Crippen LogP contribution in [0.15, 0.2) is 22.5 Å². The van der Waals surface area contributed by atoms with Gasteiger partial charge in [-0.05, 0) is 31.5 Å². The van der Waals surface area contributed by atoms with Crippen LogP contribution in [0.1, 0.15) is 20.9 Å². The number of carbonyl (C=O) groups is 1. The molecule has 1 aromatic carbocycles. The van der Waals surface area contributed by atoms with Gasteiger partial charge in [0.1, 0.15) is 10.8 Å². The molecule has 0 N–H and O–H groups in total. The van der Waals surface area contributed by atoms with E-state index in [0.29, 0.717) is 17.1 Å². The highest BCUT2D eigenvalue weighted by Gasteiger charge is 2.13. The van der Waals surface area contributed by atoms with Crippen LogP contribution in [0.4, 0.5) is 0 Å². The summed E-state index contributed by atoms with van der Waals surface area (Å²) in [7, 11) is 1.58. The third-order valence-electron chi connectivity index (χ3n) is 2.49. The van der Waals surface area contributed by atoms with E-state index >= 15 is 0 Å². The molecule has 0 saturated carbocycles. The molecule has 0 aliphatic carbocycles. The van der Waals surface area contributed by atoms with E-state index in [9.17, 15) is 4.79 Å². The molecule has 0 atom stereocenters. The van der Waals surface area contributed by atoms with Gasteiger partial charge in [0.15, 0.2) is 10.1 Å². The van der Waals surface area contributed by atoms with Crippen LogP contribution in [0.3, 0.4) is 0 Å². The minimum absolute atomic E-state index is 0.0368. The third-order valence-corrected chi connectivity index (χ3v) is 4.46. The first-order valence-corrected chi connectivity index (χ1v) is 7.51. The van der Waals surface area contributed by atoms with Crippen molar-refractivity contribution in [3.63, 3.8) is 0 Å². The average Bonchev–Trinajstić information content (AvgIpc) is 2.81. The van der Waals surface area contributed by atoms with Gasteiger partial charge in [0, 0.05) is 0 Å². The van der Waals surface area contributed by atoms with Gasteiger partial charge >= 0.3 is 0 Å². The highest BCUT2D eigenvalue weighted by Crippen LogP contribution is 2.26. The topological polar surface area (TPSA) is 52.1 Å². The molecule has 2 aromatic rings. The number of nitrogens with zero attached hydrogens (tertiary/aromatic N) is 2. The highest BCUT2D eigenvalue weighted by molar-refractivity contribution is 8.01. The quantitative estimate of drug-likeness (QED) is 0.626. The van der Waals surface area contributed by atoms with Crippen molar-refractivity contribution in [2.75, 3.05) is 12.9 Å². The molecular formula is C13H14N2O2S2. The number of aryl methyl sites for hydroxylation is 2. The zero-order valence-corrected chi connectivity index (χ0v) is 12.6. The van der Waals surface area contributed by atoms with Gasteiger partial charge < -0.3 is 4.74 Å². The Morgan fingerprint density at radius 2 is 2.16 bits per heavy atom. The minimum atomic E-state index is 0.0368. The van der Waals surface area contributed by atoms with Gasteiger partial charge in [-0.15, -0.1) is 10.2 Å². The number of aromatic nitrogens is 2. The van der Waals surface area contributed by atoms with Gasteiger partial charge in [0.05, 0.1) is 18.4 Å². The summed E-state index contributed by atoms with van der Waals surface area (Å²) in [5, 5.41) is 8.82. The molecule has 0 aliphatic rings. The monoisotopic (exact) mass is 294 g/mol. The first-order chi connectivity index (χ1) is 9.10. The standard InChI is InChI=1S/C13H14N2O2S2/c1-8-4-5-10(12(6-8)17-3)11(16)7-18-13-15-14-9(2)19-13/h4-6H,7H2,1-3H3. The van der Waals surface area contributed by atoms with Crippen LogP contribution in [0.5, 0.6) is 5.75 Å². The van der Waals surface area contributed by atoms with Crippen LogP contribution in [0.2, 0.25) is 0 Å². The minimum Gasteiger partial charge on any atom is -0.496 e. The Kier molecular flexibility index (Phi) is 4.55. The van der Waals surface area contributed by atoms with Crippen LogP contribution in [0, 0.1) is 13.8 Å². The highest BCUT2D eigenvalue weighted by atomic mass is 32.2. The van der Waals surface area contributed by atoms with E-state index in [1.807, 2.05) is 32.0 Å². The number of ether oxygens (including phenoxy) is 1. The van der Waals surface area contributed by atoms with Crippen LogP contribution in [-0.4, -0.2) is 28.8 Å². The van der Waals surface area contributed by atoms with Gasteiger partial charge in [-0.2, -0.15) is 0 Å². The second kappa shape index (κ2) is 6.16. The SMILES string of the molecule is COc1cc(C)ccc1C(=O)CSc1nnc(C)s1. The van der Waals surface area contributed by atoms with Crippen molar-refractivity contribution in [1.82, 2.24) is 10.2 Å². The molecule has 1 aromatic heterocycles. The number of hydrogen-bond donors (Lipinski definition) is 0. The van der Waals surface area contributed by atoms with Crippen LogP contribution >= 0.6 is 23.1 Å². The summed E-state index contributed by atoms with van der Waals surface area (Å²) in [6.07, 6.45) is 0. The number of hydrogen-bond acceptors (Lipinski definition) is 6. The van der Waals surface area contributed by atoms with Crippen LogP contribution < -0.4 is 4.74 Å². The summed E-state index contributed by atoms with van der Waals surface area (Å²) in [4.78, 5) is 12.2. The lowest BCUT2D eigenvalue weighted by atomic mass is 10.1. The Morgan fingerprint density at radius 3 is 2.79 bits per heavy atom. The van der Waals surface area contributed by atoms with Gasteiger partial charge in [-0.25, -0.2) is 0 Å². The molecule has 4 nitrogen and oxygen atoms in total. The number of rotatable bonds is 5. The first kappa shape index (κ1) is 14.0. The van der Waals surface area contributed by atoms with E-state index in [0.717, 1.165) is 14.9 Å². The van der Waals surface area contributed by atoms with Crippen molar-refractivity contribution < 1.29 is 9.53 Å². The average molecular weight is 294 g/mol. The summed E-state index contributed by atoms with van der Waals surface area (Å²) >= 11 is 2.90. The van der Waals surface area contributed by atoms with Gasteiger partial charge in [0.25, 0.3) is 0 Å². The molecule has 0 aliphatic heterocycles. The molecule has 0 bridgehead atoms. The van der Waals surface area contributed by atoms with Gasteiger partial charge in [-0.3, -0.25) is 4.79 Å². The number of ketones is 1. The van der Waals surface area contributed by atoms with Crippen molar-refractivity contribution in [3.8, 4) is 5.75 Å². The lowest BCUT2D eigenvalue weighted by Gasteiger charge is -2.07. The van der Waals surface area contributed by atoms with Crippen molar-refractivity contribution in [2.24, 2.45) is 0 Å². The molecule has 1 heterocycles. The van der Waals surface area contributed by atoms with Gasteiger partial charge in [0.2, 0.25) is 0 Å². The maximum Gasteiger partial charge on any atom is 0.176 e. The first-order valence-electron chi connectivity index (χ1n) is 5.71. The molecule has 6 heteroatoms. The number of carbonyl (C=O) groups excluding carboxylic acids is 1. The van der Waals surface area contributed by atoms with E-state index in [2.05, 4.69) is 10.2 Å². The zero-order valence-electron chi connectivity index (χ0n) is 11.0. The smallest absolute Gasteiger partial charge is 0.176 e. The molecule has 0 unspecified atom stereocenters. The van der Waals surface area contributed by atoms with E-state index in [1.54, 1.807) is 7.11 Å². The normalized spacial score (nSPS) is 10.5. The molecule has 0 radical (unpaired) electrons. The zero-order chi connectivity index (χ0) is 13.8. The summed E-state index contributed by atoms with van der Waals surface area (Å²) in [5.41, 5.74) is 1.68. The van der Waals surface area contributed by atoms with Crippen molar-refractivity contribution >= 4 is 28.9 Å². The molecule has 0 fully saturated rings. The summed E-state index contributed by atoms with van der Waals surface area (Å²) in [5.74, 6) is 1.00. The molecule has 2 rings (SSSR count). The summed E-state index contributed by atoms with van der Waals surface area (Å²) in [6, 6.07) is 5.59. The van der Waals surface area contributed by atoms with E-state index in [1.165, 1.54) is 23.1 Å². The second-order valence-corrected chi connectivity index (χ2v) is 6.41. The lowest BCUT2D eigenvalue weighted by Crippen LogP contribution is -2.05. The molecule has 0 amide bonds. The Bertz CT molecular complexity index is 596. The maximum absolute atomic E-state index is 12.2. The van der Waals surface area contributed by atoms with E-state index in [4.69, 9.17) is 4.74 Å². The Labute approximate surface area is 120 Å². The number of methoxy groups -OCH3 is 1. The number of Topliss-reactive ketones (excluding diaryl/α,β-unsaturated/α-hetero) is 1. The fraction of sp³-hybridized carbons (Fsp3) is 0.308. The van der Waals surface area contributed by atoms with Crippen molar-refractivity contribution in [2.45, 2.75) is 18.2 Å². The fourth-order valence-corrected chi connectivity index (χ4v) is 3.27. The Hall–Kier alpha value is -1.40. The molecule has 0 saturated heterocycles. The second-order valence-electron chi connectivity index (χ2n) is 4.00. The van der Waals surface area contributed by atoms with Crippen LogP contribution in [0.25, 0.3) is 0 Å². The Morgan fingerprint density at radius 1 is 1.37 bits per heavy atom. The number of benzene rings is 1. The fourth-order valence-electron chi connectivity index (χ4n) is 1.57. The largest absolute Gasteiger partial charge is 0.496 e. The number of thioether (sulfide) groups is 1.